The second-order valence-electron chi connectivity index (χ2n) is 4.13. The number of nitrogens with one attached hydrogen (secondary N) is 1. The number of rotatable bonds is 4. The Balaban J connectivity index is 1.89. The van der Waals surface area contributed by atoms with Gasteiger partial charge in [0.05, 0.1) is 5.69 Å². The standard InChI is InChI=1S/C12H18N4/c1-10-11(9-16(3)14-10)7-13-8-12-5-4-6-15(12)2/h4-6,9,13H,7-8H2,1-3H3. The molecule has 2 aromatic rings. The van der Waals surface area contributed by atoms with Crippen molar-refractivity contribution in [3.63, 3.8) is 0 Å². The minimum absolute atomic E-state index is 0.866. The summed E-state index contributed by atoms with van der Waals surface area (Å²) in [5, 5.41) is 7.74. The van der Waals surface area contributed by atoms with Crippen LogP contribution < -0.4 is 5.32 Å². The van der Waals surface area contributed by atoms with Gasteiger partial charge in [0, 0.05) is 50.8 Å². The van der Waals surface area contributed by atoms with Gasteiger partial charge in [-0.3, -0.25) is 4.68 Å². The van der Waals surface area contributed by atoms with Gasteiger partial charge in [0.2, 0.25) is 0 Å². The van der Waals surface area contributed by atoms with E-state index < -0.39 is 0 Å². The van der Waals surface area contributed by atoms with Crippen LogP contribution in [0.5, 0.6) is 0 Å². The molecule has 0 aromatic carbocycles. The average molecular weight is 218 g/mol. The normalized spacial score (nSPS) is 10.9. The molecular weight excluding hydrogens is 200 g/mol. The zero-order chi connectivity index (χ0) is 11.5. The molecule has 2 rings (SSSR count). The van der Waals surface area contributed by atoms with E-state index in [-0.39, 0.29) is 0 Å². The highest BCUT2D eigenvalue weighted by atomic mass is 15.2. The first-order chi connectivity index (χ1) is 7.66. The van der Waals surface area contributed by atoms with E-state index >= 15 is 0 Å². The molecule has 1 N–H and O–H groups in total. The van der Waals surface area contributed by atoms with Gasteiger partial charge >= 0.3 is 0 Å². The molecular formula is C12H18N4. The van der Waals surface area contributed by atoms with Crippen molar-refractivity contribution in [3.05, 3.63) is 41.5 Å². The van der Waals surface area contributed by atoms with Crippen molar-refractivity contribution in [2.24, 2.45) is 14.1 Å². The summed E-state index contributed by atoms with van der Waals surface area (Å²) in [6, 6.07) is 4.19. The van der Waals surface area contributed by atoms with Gasteiger partial charge in [0.25, 0.3) is 0 Å². The van der Waals surface area contributed by atoms with Gasteiger partial charge in [-0.2, -0.15) is 5.10 Å². The Morgan fingerprint density at radius 3 is 2.69 bits per heavy atom. The third-order valence-electron chi connectivity index (χ3n) is 2.79. The van der Waals surface area contributed by atoms with Crippen LogP contribution >= 0.6 is 0 Å². The molecule has 0 atom stereocenters. The molecule has 2 aromatic heterocycles. The molecule has 0 unspecified atom stereocenters. The van der Waals surface area contributed by atoms with Gasteiger partial charge in [-0.05, 0) is 19.1 Å². The van der Waals surface area contributed by atoms with E-state index in [0.29, 0.717) is 0 Å². The van der Waals surface area contributed by atoms with Crippen molar-refractivity contribution >= 4 is 0 Å². The SMILES string of the molecule is Cc1nn(C)cc1CNCc1cccn1C. The molecule has 2 heterocycles. The third-order valence-corrected chi connectivity index (χ3v) is 2.79. The van der Waals surface area contributed by atoms with Gasteiger partial charge in [-0.25, -0.2) is 0 Å². The number of hydrogen-bond donors (Lipinski definition) is 1. The molecule has 86 valence electrons. The van der Waals surface area contributed by atoms with Gasteiger partial charge in [-0.1, -0.05) is 0 Å². The lowest BCUT2D eigenvalue weighted by Crippen LogP contribution is -2.14. The van der Waals surface area contributed by atoms with Crippen molar-refractivity contribution < 1.29 is 0 Å². The van der Waals surface area contributed by atoms with Crippen LogP contribution in [-0.4, -0.2) is 14.3 Å². The molecule has 0 fully saturated rings. The van der Waals surface area contributed by atoms with Crippen molar-refractivity contribution in [1.29, 1.82) is 0 Å². The van der Waals surface area contributed by atoms with E-state index in [0.717, 1.165) is 18.8 Å². The van der Waals surface area contributed by atoms with Gasteiger partial charge in [0.15, 0.2) is 0 Å². The quantitative estimate of drug-likeness (QED) is 0.841. The summed E-state index contributed by atoms with van der Waals surface area (Å²) in [5.74, 6) is 0. The van der Waals surface area contributed by atoms with E-state index in [1.807, 2.05) is 18.7 Å². The van der Waals surface area contributed by atoms with Crippen molar-refractivity contribution in [2.45, 2.75) is 20.0 Å². The first-order valence-corrected chi connectivity index (χ1v) is 5.47. The summed E-state index contributed by atoms with van der Waals surface area (Å²) in [7, 11) is 4.01. The number of hydrogen-bond acceptors (Lipinski definition) is 2. The minimum atomic E-state index is 0.866. The zero-order valence-electron chi connectivity index (χ0n) is 10.1. The van der Waals surface area contributed by atoms with Crippen LogP contribution in [0.2, 0.25) is 0 Å². The fourth-order valence-corrected chi connectivity index (χ4v) is 1.83. The summed E-state index contributed by atoms with van der Waals surface area (Å²) in [4.78, 5) is 0. The smallest absolute Gasteiger partial charge is 0.0638 e. The Hall–Kier alpha value is -1.55. The molecule has 0 radical (unpaired) electrons. The first kappa shape index (κ1) is 11.0. The number of nitrogens with zero attached hydrogens (tertiary/aromatic N) is 3. The molecule has 4 heteroatoms. The van der Waals surface area contributed by atoms with Gasteiger partial charge < -0.3 is 9.88 Å². The monoisotopic (exact) mass is 218 g/mol. The molecule has 0 aliphatic carbocycles. The minimum Gasteiger partial charge on any atom is -0.353 e. The molecule has 0 bridgehead atoms. The maximum Gasteiger partial charge on any atom is 0.0638 e. The van der Waals surface area contributed by atoms with Crippen molar-refractivity contribution in [1.82, 2.24) is 19.7 Å². The lowest BCUT2D eigenvalue weighted by atomic mass is 10.2. The zero-order valence-corrected chi connectivity index (χ0v) is 10.1. The van der Waals surface area contributed by atoms with E-state index in [9.17, 15) is 0 Å². The molecule has 0 saturated carbocycles. The Labute approximate surface area is 95.9 Å². The Bertz CT molecular complexity index is 467. The molecule has 0 amide bonds. The Morgan fingerprint density at radius 2 is 2.12 bits per heavy atom. The highest BCUT2D eigenvalue weighted by molar-refractivity contribution is 5.15. The third kappa shape index (κ3) is 2.33. The highest BCUT2D eigenvalue weighted by Crippen LogP contribution is 2.05. The van der Waals surface area contributed by atoms with Crippen LogP contribution in [0, 0.1) is 6.92 Å². The Morgan fingerprint density at radius 1 is 1.31 bits per heavy atom. The molecule has 16 heavy (non-hydrogen) atoms. The highest BCUT2D eigenvalue weighted by Gasteiger charge is 2.02. The molecule has 0 spiro atoms. The summed E-state index contributed by atoms with van der Waals surface area (Å²) in [6.45, 7) is 3.79. The second kappa shape index (κ2) is 4.53. The fraction of sp³-hybridized carbons (Fsp3) is 0.417. The summed E-state index contributed by atoms with van der Waals surface area (Å²) in [6.07, 6.45) is 4.12. The lowest BCUT2D eigenvalue weighted by molar-refractivity contribution is 0.653. The van der Waals surface area contributed by atoms with E-state index in [4.69, 9.17) is 0 Å². The fourth-order valence-electron chi connectivity index (χ4n) is 1.83. The van der Waals surface area contributed by atoms with Crippen LogP contribution in [0.15, 0.2) is 24.5 Å². The molecule has 4 nitrogen and oxygen atoms in total. The first-order valence-electron chi connectivity index (χ1n) is 5.47. The largest absolute Gasteiger partial charge is 0.353 e. The van der Waals surface area contributed by atoms with Crippen LogP contribution in [-0.2, 0) is 27.2 Å². The van der Waals surface area contributed by atoms with E-state index in [1.165, 1.54) is 11.3 Å². The van der Waals surface area contributed by atoms with Crippen LogP contribution in [0.25, 0.3) is 0 Å². The maximum absolute atomic E-state index is 4.32. The van der Waals surface area contributed by atoms with Gasteiger partial charge in [0.1, 0.15) is 0 Å². The van der Waals surface area contributed by atoms with Crippen LogP contribution in [0.3, 0.4) is 0 Å². The Kier molecular flexibility index (Phi) is 3.10. The van der Waals surface area contributed by atoms with Crippen molar-refractivity contribution in [3.8, 4) is 0 Å². The summed E-state index contributed by atoms with van der Waals surface area (Å²) >= 11 is 0. The summed E-state index contributed by atoms with van der Waals surface area (Å²) < 4.78 is 3.98. The molecule has 0 saturated heterocycles. The van der Waals surface area contributed by atoms with Crippen molar-refractivity contribution in [2.75, 3.05) is 0 Å². The second-order valence-corrected chi connectivity index (χ2v) is 4.13. The molecule has 0 aliphatic rings. The topological polar surface area (TPSA) is 34.8 Å². The van der Waals surface area contributed by atoms with E-state index in [2.05, 4.69) is 46.6 Å². The van der Waals surface area contributed by atoms with Crippen LogP contribution in [0.4, 0.5) is 0 Å². The average Bonchev–Trinajstić information content (AvgIpc) is 2.75. The van der Waals surface area contributed by atoms with Crippen LogP contribution in [0.1, 0.15) is 17.0 Å². The summed E-state index contributed by atoms with van der Waals surface area (Å²) in [5.41, 5.74) is 3.65. The molecule has 0 aliphatic heterocycles. The van der Waals surface area contributed by atoms with E-state index in [1.54, 1.807) is 0 Å². The van der Waals surface area contributed by atoms with Gasteiger partial charge in [-0.15, -0.1) is 0 Å². The number of aromatic nitrogens is 3. The maximum atomic E-state index is 4.32. The predicted octanol–water partition coefficient (Wildman–Crippen LogP) is 1.36. The number of aryl methyl sites for hydroxylation is 3. The lowest BCUT2D eigenvalue weighted by Gasteiger charge is -2.05. The predicted molar refractivity (Wildman–Crippen MR) is 63.9 cm³/mol.